The minimum Gasteiger partial charge on any atom is -0.381 e. The second-order valence-electron chi connectivity index (χ2n) is 4.74. The van der Waals surface area contributed by atoms with E-state index in [1.54, 1.807) is 0 Å². The number of fused-ring (bicyclic) bond motifs is 1. The molecule has 1 fully saturated rings. The first-order valence-electron chi connectivity index (χ1n) is 6.58. The van der Waals surface area contributed by atoms with Crippen molar-refractivity contribution in [1.82, 2.24) is 14.9 Å². The van der Waals surface area contributed by atoms with Gasteiger partial charge in [-0.1, -0.05) is 0 Å². The fourth-order valence-electron chi connectivity index (χ4n) is 2.48. The van der Waals surface area contributed by atoms with Gasteiger partial charge in [0.1, 0.15) is 0 Å². The molecule has 0 saturated carbocycles. The summed E-state index contributed by atoms with van der Waals surface area (Å²) in [6.45, 7) is 4.54. The number of nitrogens with zero attached hydrogens (tertiary/aromatic N) is 3. The molecule has 0 amide bonds. The molecule has 0 unspecified atom stereocenters. The van der Waals surface area contributed by atoms with E-state index in [0.717, 1.165) is 29.7 Å². The van der Waals surface area contributed by atoms with E-state index < -0.39 is 0 Å². The Morgan fingerprint density at radius 2 is 2.11 bits per heavy atom. The van der Waals surface area contributed by atoms with Gasteiger partial charge < -0.3 is 10.2 Å². The quantitative estimate of drug-likeness (QED) is 0.891. The van der Waals surface area contributed by atoms with Crippen LogP contribution in [-0.2, 0) is 0 Å². The van der Waals surface area contributed by atoms with Crippen molar-refractivity contribution in [3.8, 4) is 0 Å². The predicted molar refractivity (Wildman–Crippen MR) is 73.7 cm³/mol. The van der Waals surface area contributed by atoms with Crippen LogP contribution in [0.25, 0.3) is 10.9 Å². The van der Waals surface area contributed by atoms with Crippen molar-refractivity contribution in [3.63, 3.8) is 0 Å². The molecule has 1 saturated heterocycles. The number of nitrogens with one attached hydrogen (secondary N) is 1. The molecule has 4 nitrogen and oxygen atoms in total. The summed E-state index contributed by atoms with van der Waals surface area (Å²) >= 11 is 0. The third kappa shape index (κ3) is 2.43. The van der Waals surface area contributed by atoms with Gasteiger partial charge in [-0.2, -0.15) is 0 Å². The molecule has 18 heavy (non-hydrogen) atoms. The fraction of sp³-hybridized carbons (Fsp3) is 0.429. The highest BCUT2D eigenvalue weighted by Crippen LogP contribution is 2.18. The third-order valence-corrected chi connectivity index (χ3v) is 3.45. The molecule has 0 bridgehead atoms. The van der Waals surface area contributed by atoms with Crippen molar-refractivity contribution in [1.29, 1.82) is 0 Å². The molecule has 0 aromatic carbocycles. The zero-order chi connectivity index (χ0) is 12.2. The maximum Gasteiger partial charge on any atom is 0.0964 e. The smallest absolute Gasteiger partial charge is 0.0964 e. The van der Waals surface area contributed by atoms with E-state index in [2.05, 4.69) is 20.2 Å². The van der Waals surface area contributed by atoms with E-state index in [1.165, 1.54) is 25.9 Å². The SMILES string of the molecule is c1cnc2c(NCCN3CCCC3)cncc2c1. The van der Waals surface area contributed by atoms with Crippen LogP contribution in [0.1, 0.15) is 12.8 Å². The van der Waals surface area contributed by atoms with Gasteiger partial charge in [-0.25, -0.2) is 0 Å². The second-order valence-corrected chi connectivity index (χ2v) is 4.74. The largest absolute Gasteiger partial charge is 0.381 e. The Hall–Kier alpha value is -1.68. The van der Waals surface area contributed by atoms with Crippen LogP contribution >= 0.6 is 0 Å². The highest BCUT2D eigenvalue weighted by molar-refractivity contribution is 5.88. The maximum atomic E-state index is 4.42. The van der Waals surface area contributed by atoms with Gasteiger partial charge in [-0.15, -0.1) is 0 Å². The van der Waals surface area contributed by atoms with Crippen molar-refractivity contribution in [2.45, 2.75) is 12.8 Å². The normalized spacial score (nSPS) is 16.2. The van der Waals surface area contributed by atoms with E-state index in [0.29, 0.717) is 0 Å². The molecule has 0 spiro atoms. The van der Waals surface area contributed by atoms with Crippen LogP contribution in [0.4, 0.5) is 5.69 Å². The molecular formula is C14H18N4. The van der Waals surface area contributed by atoms with Crippen molar-refractivity contribution in [2.24, 2.45) is 0 Å². The van der Waals surface area contributed by atoms with Crippen molar-refractivity contribution in [3.05, 3.63) is 30.7 Å². The molecule has 1 N–H and O–H groups in total. The van der Waals surface area contributed by atoms with Gasteiger partial charge in [0.05, 0.1) is 17.4 Å². The molecule has 94 valence electrons. The van der Waals surface area contributed by atoms with Crippen molar-refractivity contribution >= 4 is 16.6 Å². The lowest BCUT2D eigenvalue weighted by molar-refractivity contribution is 0.353. The van der Waals surface area contributed by atoms with Crippen LogP contribution in [0.15, 0.2) is 30.7 Å². The Morgan fingerprint density at radius 3 is 3.00 bits per heavy atom. The van der Waals surface area contributed by atoms with Crippen LogP contribution in [0.5, 0.6) is 0 Å². The molecular weight excluding hydrogens is 224 g/mol. The van der Waals surface area contributed by atoms with E-state index in [-0.39, 0.29) is 0 Å². The molecule has 4 heteroatoms. The number of pyridine rings is 2. The van der Waals surface area contributed by atoms with Crippen LogP contribution in [0.2, 0.25) is 0 Å². The summed E-state index contributed by atoms with van der Waals surface area (Å²) in [7, 11) is 0. The van der Waals surface area contributed by atoms with Gasteiger partial charge in [-0.05, 0) is 38.1 Å². The molecule has 3 heterocycles. The fourth-order valence-corrected chi connectivity index (χ4v) is 2.48. The Bertz CT molecular complexity index is 515. The van der Waals surface area contributed by atoms with Gasteiger partial charge in [0.2, 0.25) is 0 Å². The highest BCUT2D eigenvalue weighted by atomic mass is 15.1. The van der Waals surface area contributed by atoms with Crippen molar-refractivity contribution < 1.29 is 0 Å². The van der Waals surface area contributed by atoms with E-state index >= 15 is 0 Å². The minimum absolute atomic E-state index is 0.956. The molecule has 2 aromatic heterocycles. The summed E-state index contributed by atoms with van der Waals surface area (Å²) in [4.78, 5) is 11.2. The van der Waals surface area contributed by atoms with E-state index in [1.807, 2.05) is 30.7 Å². The Morgan fingerprint density at radius 1 is 1.22 bits per heavy atom. The molecule has 0 aliphatic carbocycles. The number of likely N-dealkylation sites (tertiary alicyclic amines) is 1. The van der Waals surface area contributed by atoms with Gasteiger partial charge in [-0.3, -0.25) is 9.97 Å². The molecule has 2 aromatic rings. The van der Waals surface area contributed by atoms with Crippen LogP contribution < -0.4 is 5.32 Å². The topological polar surface area (TPSA) is 41.1 Å². The molecule has 1 aliphatic heterocycles. The third-order valence-electron chi connectivity index (χ3n) is 3.45. The lowest BCUT2D eigenvalue weighted by Gasteiger charge is -2.15. The number of aromatic nitrogens is 2. The molecule has 3 rings (SSSR count). The first-order valence-corrected chi connectivity index (χ1v) is 6.58. The lowest BCUT2D eigenvalue weighted by Crippen LogP contribution is -2.26. The monoisotopic (exact) mass is 242 g/mol. The summed E-state index contributed by atoms with van der Waals surface area (Å²) < 4.78 is 0. The summed E-state index contributed by atoms with van der Waals surface area (Å²) in [6.07, 6.45) is 8.23. The minimum atomic E-state index is 0.956. The Labute approximate surface area is 107 Å². The average Bonchev–Trinajstić information content (AvgIpc) is 2.92. The van der Waals surface area contributed by atoms with Crippen LogP contribution in [0.3, 0.4) is 0 Å². The van der Waals surface area contributed by atoms with Gasteiger partial charge in [0.25, 0.3) is 0 Å². The second kappa shape index (κ2) is 5.31. The predicted octanol–water partition coefficient (Wildman–Crippen LogP) is 2.14. The molecule has 1 aliphatic rings. The summed E-state index contributed by atoms with van der Waals surface area (Å²) in [5.74, 6) is 0. The lowest BCUT2D eigenvalue weighted by atomic mass is 10.2. The first-order chi connectivity index (χ1) is 8.93. The van der Waals surface area contributed by atoms with Crippen LogP contribution in [0, 0.1) is 0 Å². The zero-order valence-electron chi connectivity index (χ0n) is 10.5. The maximum absolute atomic E-state index is 4.42. The number of anilines is 1. The van der Waals surface area contributed by atoms with E-state index in [4.69, 9.17) is 0 Å². The first kappa shape index (κ1) is 11.4. The average molecular weight is 242 g/mol. The molecule has 0 radical (unpaired) electrons. The van der Waals surface area contributed by atoms with Crippen LogP contribution in [-0.4, -0.2) is 41.0 Å². The number of rotatable bonds is 4. The Balaban J connectivity index is 1.66. The highest BCUT2D eigenvalue weighted by Gasteiger charge is 2.10. The summed E-state index contributed by atoms with van der Waals surface area (Å²) in [5.41, 5.74) is 2.04. The van der Waals surface area contributed by atoms with Gasteiger partial charge >= 0.3 is 0 Å². The van der Waals surface area contributed by atoms with E-state index in [9.17, 15) is 0 Å². The Kier molecular flexibility index (Phi) is 3.37. The van der Waals surface area contributed by atoms with Gasteiger partial charge in [0.15, 0.2) is 0 Å². The summed E-state index contributed by atoms with van der Waals surface area (Å²) in [6, 6.07) is 3.99. The standard InChI is InChI=1S/C14H18N4/c1-2-8-18(7-1)9-6-16-13-11-15-10-12-4-3-5-17-14(12)13/h3-5,10-11,16H,1-2,6-9H2. The zero-order valence-corrected chi connectivity index (χ0v) is 10.5. The summed E-state index contributed by atoms with van der Waals surface area (Å²) in [5, 5.41) is 4.53. The molecule has 0 atom stereocenters. The number of hydrogen-bond donors (Lipinski definition) is 1. The number of hydrogen-bond acceptors (Lipinski definition) is 4. The van der Waals surface area contributed by atoms with Gasteiger partial charge in [0, 0.05) is 30.9 Å². The van der Waals surface area contributed by atoms with Crippen molar-refractivity contribution in [2.75, 3.05) is 31.5 Å².